The van der Waals surface area contributed by atoms with Crippen LogP contribution in [0.25, 0.3) is 0 Å². The molecule has 1 fully saturated rings. The van der Waals surface area contributed by atoms with E-state index in [1.165, 1.54) is 6.92 Å². The Morgan fingerprint density at radius 3 is 2.60 bits per heavy atom. The van der Waals surface area contributed by atoms with Gasteiger partial charge in [0.1, 0.15) is 12.1 Å². The molecule has 1 aliphatic rings. The molecule has 0 aromatic heterocycles. The van der Waals surface area contributed by atoms with Crippen LogP contribution in [-0.2, 0) is 9.53 Å². The van der Waals surface area contributed by atoms with E-state index in [9.17, 15) is 4.79 Å². The fraction of sp³-hybridized carbons (Fsp3) is 0.857. The fourth-order valence-corrected chi connectivity index (χ4v) is 0.755. The first kappa shape index (κ1) is 7.54. The fourth-order valence-electron chi connectivity index (χ4n) is 0.755. The summed E-state index contributed by atoms with van der Waals surface area (Å²) in [5.74, 6) is -0.385. The van der Waals surface area contributed by atoms with Crippen molar-refractivity contribution < 1.29 is 9.53 Å². The lowest BCUT2D eigenvalue weighted by Gasteiger charge is -2.25. The quantitative estimate of drug-likeness (QED) is 0.534. The summed E-state index contributed by atoms with van der Waals surface area (Å²) in [5.41, 5.74) is 7.00. The molecule has 0 aromatic carbocycles. The first-order valence-corrected chi connectivity index (χ1v) is 3.62. The summed E-state index contributed by atoms with van der Waals surface area (Å²) in [6.45, 7) is 1.53. The highest BCUT2D eigenvalue weighted by molar-refractivity contribution is 5.74. The van der Waals surface area contributed by atoms with E-state index in [0.717, 1.165) is 19.3 Å². The van der Waals surface area contributed by atoms with Crippen LogP contribution < -0.4 is 5.73 Å². The molecule has 1 unspecified atom stereocenters. The van der Waals surface area contributed by atoms with Crippen molar-refractivity contribution in [3.8, 4) is 0 Å². The Morgan fingerprint density at radius 1 is 1.70 bits per heavy atom. The molecule has 3 nitrogen and oxygen atoms in total. The maximum atomic E-state index is 10.7. The highest BCUT2D eigenvalue weighted by atomic mass is 16.5. The normalized spacial score (nSPS) is 21.4. The minimum Gasteiger partial charge on any atom is -0.461 e. The van der Waals surface area contributed by atoms with E-state index in [1.54, 1.807) is 0 Å². The van der Waals surface area contributed by atoms with E-state index in [0.29, 0.717) is 0 Å². The zero-order valence-electron chi connectivity index (χ0n) is 6.09. The molecular formula is C7H12NO2. The number of nitrogens with one attached hydrogen (secondary N) is 1. The maximum absolute atomic E-state index is 10.7. The molecule has 0 amide bonds. The van der Waals surface area contributed by atoms with Crippen LogP contribution in [0.1, 0.15) is 26.2 Å². The highest BCUT2D eigenvalue weighted by Gasteiger charge is 2.22. The summed E-state index contributed by atoms with van der Waals surface area (Å²) in [4.78, 5) is 10.7. The van der Waals surface area contributed by atoms with Crippen molar-refractivity contribution in [3.63, 3.8) is 0 Å². The molecule has 0 heterocycles. The molecule has 0 bridgehead atoms. The second-order valence-electron chi connectivity index (χ2n) is 2.71. The third-order valence-corrected chi connectivity index (χ3v) is 1.69. The summed E-state index contributed by atoms with van der Waals surface area (Å²) in [6, 6.07) is -0.722. The number of esters is 1. The second kappa shape index (κ2) is 3.01. The molecule has 0 aromatic rings. The van der Waals surface area contributed by atoms with Gasteiger partial charge in [0, 0.05) is 0 Å². The van der Waals surface area contributed by atoms with Gasteiger partial charge in [-0.05, 0) is 26.2 Å². The van der Waals surface area contributed by atoms with Crippen LogP contribution in [0.5, 0.6) is 0 Å². The van der Waals surface area contributed by atoms with Gasteiger partial charge in [0.15, 0.2) is 0 Å². The predicted molar refractivity (Wildman–Crippen MR) is 36.3 cm³/mol. The number of carbonyl (C=O) groups excluding carboxylic acids is 1. The first-order valence-electron chi connectivity index (χ1n) is 3.62. The predicted octanol–water partition coefficient (Wildman–Crippen LogP) is 0.753. The van der Waals surface area contributed by atoms with Crippen molar-refractivity contribution in [1.82, 2.24) is 5.73 Å². The van der Waals surface area contributed by atoms with E-state index in [4.69, 9.17) is 10.5 Å². The van der Waals surface area contributed by atoms with Crippen LogP contribution in [0.2, 0.25) is 0 Å². The Kier molecular flexibility index (Phi) is 2.27. The van der Waals surface area contributed by atoms with E-state index in [2.05, 4.69) is 0 Å². The number of ether oxygens (including phenoxy) is 1. The zero-order chi connectivity index (χ0) is 7.56. The topological polar surface area (TPSA) is 50.1 Å². The lowest BCUT2D eigenvalue weighted by Crippen LogP contribution is -2.30. The van der Waals surface area contributed by atoms with Crippen molar-refractivity contribution in [1.29, 1.82) is 0 Å². The van der Waals surface area contributed by atoms with Gasteiger partial charge in [0.05, 0.1) is 0 Å². The average Bonchev–Trinajstić information content (AvgIpc) is 1.77. The zero-order valence-corrected chi connectivity index (χ0v) is 6.09. The summed E-state index contributed by atoms with van der Waals surface area (Å²) in [5, 5.41) is 0. The van der Waals surface area contributed by atoms with Gasteiger partial charge in [-0.2, -0.15) is 0 Å². The Bertz CT molecular complexity index is 130. The molecule has 57 valence electrons. The monoisotopic (exact) mass is 142 g/mol. The second-order valence-corrected chi connectivity index (χ2v) is 2.71. The summed E-state index contributed by atoms with van der Waals surface area (Å²) in [7, 11) is 0. The number of carbonyl (C=O) groups is 1. The van der Waals surface area contributed by atoms with Crippen LogP contribution >= 0.6 is 0 Å². The van der Waals surface area contributed by atoms with E-state index >= 15 is 0 Å². The van der Waals surface area contributed by atoms with Gasteiger partial charge < -0.3 is 4.74 Å². The summed E-state index contributed by atoms with van der Waals surface area (Å²) < 4.78 is 4.92. The molecule has 1 aliphatic carbocycles. The Morgan fingerprint density at radius 2 is 2.30 bits per heavy atom. The Balaban J connectivity index is 2.17. The average molecular weight is 142 g/mol. The third-order valence-electron chi connectivity index (χ3n) is 1.69. The largest absolute Gasteiger partial charge is 0.461 e. The molecule has 0 saturated heterocycles. The standard InChI is InChI=1S/C7H12NO2/c1-5(8)7(9)10-6-3-2-4-6/h5-6,8H,2-4H2,1H3. The van der Waals surface area contributed by atoms with Crippen molar-refractivity contribution >= 4 is 5.97 Å². The van der Waals surface area contributed by atoms with E-state index < -0.39 is 6.04 Å². The molecule has 10 heavy (non-hydrogen) atoms. The lowest BCUT2D eigenvalue weighted by molar-refractivity contribution is -0.154. The molecular weight excluding hydrogens is 130 g/mol. The highest BCUT2D eigenvalue weighted by Crippen LogP contribution is 2.22. The van der Waals surface area contributed by atoms with Gasteiger partial charge >= 0.3 is 5.97 Å². The molecule has 1 N–H and O–H groups in total. The van der Waals surface area contributed by atoms with Crippen molar-refractivity contribution in [2.45, 2.75) is 38.3 Å². The molecule has 1 rings (SSSR count). The van der Waals surface area contributed by atoms with Crippen LogP contribution in [-0.4, -0.2) is 18.1 Å². The Hall–Kier alpha value is -0.570. The third kappa shape index (κ3) is 1.70. The van der Waals surface area contributed by atoms with Crippen LogP contribution in [0.4, 0.5) is 0 Å². The van der Waals surface area contributed by atoms with E-state index in [-0.39, 0.29) is 12.1 Å². The van der Waals surface area contributed by atoms with Crippen molar-refractivity contribution in [2.75, 3.05) is 0 Å². The van der Waals surface area contributed by atoms with Crippen molar-refractivity contribution in [2.24, 2.45) is 0 Å². The minimum absolute atomic E-state index is 0.125. The van der Waals surface area contributed by atoms with Gasteiger partial charge in [0.25, 0.3) is 0 Å². The van der Waals surface area contributed by atoms with Gasteiger partial charge in [-0.1, -0.05) is 0 Å². The summed E-state index contributed by atoms with van der Waals surface area (Å²) >= 11 is 0. The van der Waals surface area contributed by atoms with Gasteiger partial charge in [-0.3, -0.25) is 4.79 Å². The Labute approximate surface area is 60.5 Å². The van der Waals surface area contributed by atoms with Crippen LogP contribution in [0.15, 0.2) is 0 Å². The van der Waals surface area contributed by atoms with E-state index in [1.807, 2.05) is 0 Å². The molecule has 3 heteroatoms. The molecule has 0 aliphatic heterocycles. The van der Waals surface area contributed by atoms with Crippen LogP contribution in [0, 0.1) is 0 Å². The number of hydrogen-bond donors (Lipinski definition) is 0. The van der Waals surface area contributed by atoms with Gasteiger partial charge in [-0.25, -0.2) is 5.73 Å². The molecule has 1 saturated carbocycles. The maximum Gasteiger partial charge on any atom is 0.324 e. The van der Waals surface area contributed by atoms with Gasteiger partial charge in [-0.15, -0.1) is 0 Å². The minimum atomic E-state index is -0.722. The smallest absolute Gasteiger partial charge is 0.324 e. The molecule has 1 radical (unpaired) electrons. The number of hydrogen-bond acceptors (Lipinski definition) is 2. The van der Waals surface area contributed by atoms with Crippen molar-refractivity contribution in [3.05, 3.63) is 0 Å². The number of rotatable bonds is 2. The molecule has 0 spiro atoms. The van der Waals surface area contributed by atoms with Gasteiger partial charge in [0.2, 0.25) is 0 Å². The summed E-state index contributed by atoms with van der Waals surface area (Å²) in [6.07, 6.45) is 3.25. The molecule has 1 atom stereocenters. The first-order chi connectivity index (χ1) is 4.70. The SMILES string of the molecule is CC([NH])C(=O)OC1CCC1. The lowest BCUT2D eigenvalue weighted by atomic mass is 9.96. The van der Waals surface area contributed by atoms with Crippen LogP contribution in [0.3, 0.4) is 0 Å².